The molecule has 1 unspecified atom stereocenters. The van der Waals surface area contributed by atoms with Gasteiger partial charge in [0.25, 0.3) is 0 Å². The molecule has 1 N–H and O–H groups in total. The summed E-state index contributed by atoms with van der Waals surface area (Å²) < 4.78 is 21.1. The number of hydrogen-bond acceptors (Lipinski definition) is 5. The molecule has 170 valence electrons. The molecule has 32 heavy (non-hydrogen) atoms. The van der Waals surface area contributed by atoms with Crippen LogP contribution in [0.2, 0.25) is 5.02 Å². The van der Waals surface area contributed by atoms with E-state index >= 15 is 0 Å². The quantitative estimate of drug-likeness (QED) is 0.389. The van der Waals surface area contributed by atoms with Crippen molar-refractivity contribution in [2.45, 2.75) is 45.5 Å². The van der Waals surface area contributed by atoms with Crippen LogP contribution in [0, 0.1) is 18.7 Å². The molecule has 3 rings (SSSR count). The zero-order valence-corrected chi connectivity index (χ0v) is 20.0. The smallest absolute Gasteiger partial charge is 0.234 e. The van der Waals surface area contributed by atoms with E-state index in [-0.39, 0.29) is 17.5 Å². The SMILES string of the molecule is Cc1ccc(Cl)cc1NC(=O)CSc1nnc(C(C)Oc2ccc(F)cc2)n1CC(C)C. The van der Waals surface area contributed by atoms with Gasteiger partial charge in [-0.2, -0.15) is 0 Å². The summed E-state index contributed by atoms with van der Waals surface area (Å²) in [6, 6.07) is 11.2. The van der Waals surface area contributed by atoms with Gasteiger partial charge >= 0.3 is 0 Å². The van der Waals surface area contributed by atoms with Gasteiger partial charge in [-0.3, -0.25) is 4.79 Å². The number of hydrogen-bond donors (Lipinski definition) is 1. The Morgan fingerprint density at radius 3 is 2.59 bits per heavy atom. The summed E-state index contributed by atoms with van der Waals surface area (Å²) >= 11 is 7.34. The molecule has 1 atom stereocenters. The number of anilines is 1. The van der Waals surface area contributed by atoms with Crippen molar-refractivity contribution in [1.29, 1.82) is 0 Å². The number of carbonyl (C=O) groups is 1. The second-order valence-corrected chi connectivity index (χ2v) is 9.23. The van der Waals surface area contributed by atoms with Crippen LogP contribution in [-0.2, 0) is 11.3 Å². The summed E-state index contributed by atoms with van der Waals surface area (Å²) in [4.78, 5) is 12.5. The lowest BCUT2D eigenvalue weighted by Gasteiger charge is -2.18. The highest BCUT2D eigenvalue weighted by Crippen LogP contribution is 2.26. The lowest BCUT2D eigenvalue weighted by atomic mass is 10.2. The zero-order chi connectivity index (χ0) is 23.3. The summed E-state index contributed by atoms with van der Waals surface area (Å²) in [7, 11) is 0. The van der Waals surface area contributed by atoms with Crippen molar-refractivity contribution in [2.24, 2.45) is 5.92 Å². The summed E-state index contributed by atoms with van der Waals surface area (Å²) in [5.41, 5.74) is 1.62. The third-order valence-corrected chi connectivity index (χ3v) is 5.79. The molecule has 0 aliphatic carbocycles. The zero-order valence-electron chi connectivity index (χ0n) is 18.4. The van der Waals surface area contributed by atoms with Crippen LogP contribution in [0.4, 0.5) is 10.1 Å². The van der Waals surface area contributed by atoms with Gasteiger partial charge in [-0.1, -0.05) is 43.3 Å². The molecule has 0 saturated heterocycles. The second kappa shape index (κ2) is 10.8. The minimum absolute atomic E-state index is 0.156. The van der Waals surface area contributed by atoms with Crippen LogP contribution in [-0.4, -0.2) is 26.4 Å². The largest absolute Gasteiger partial charge is 0.483 e. The number of carbonyl (C=O) groups excluding carboxylic acids is 1. The van der Waals surface area contributed by atoms with Gasteiger partial charge in [-0.25, -0.2) is 4.39 Å². The highest BCUT2D eigenvalue weighted by molar-refractivity contribution is 7.99. The van der Waals surface area contributed by atoms with Crippen LogP contribution in [0.1, 0.15) is 38.3 Å². The molecule has 6 nitrogen and oxygen atoms in total. The molecule has 0 aliphatic heterocycles. The summed E-state index contributed by atoms with van der Waals surface area (Å²) in [5.74, 6) is 1.23. The number of benzene rings is 2. The molecule has 1 amide bonds. The van der Waals surface area contributed by atoms with Crippen molar-refractivity contribution < 1.29 is 13.9 Å². The third kappa shape index (κ3) is 6.46. The Balaban J connectivity index is 1.70. The van der Waals surface area contributed by atoms with E-state index < -0.39 is 6.10 Å². The first-order chi connectivity index (χ1) is 15.2. The fourth-order valence-electron chi connectivity index (χ4n) is 3.06. The lowest BCUT2D eigenvalue weighted by molar-refractivity contribution is -0.113. The Hall–Kier alpha value is -2.58. The average Bonchev–Trinajstić information content (AvgIpc) is 3.13. The topological polar surface area (TPSA) is 69.0 Å². The molecular weight excluding hydrogens is 451 g/mol. The Bertz CT molecular complexity index is 1070. The third-order valence-electron chi connectivity index (χ3n) is 4.59. The summed E-state index contributed by atoms with van der Waals surface area (Å²) in [6.45, 7) is 8.65. The van der Waals surface area contributed by atoms with Gasteiger partial charge in [-0.05, 0) is 61.7 Å². The maximum absolute atomic E-state index is 13.2. The van der Waals surface area contributed by atoms with Crippen LogP contribution in [0.25, 0.3) is 0 Å². The van der Waals surface area contributed by atoms with Gasteiger partial charge in [-0.15, -0.1) is 10.2 Å². The first-order valence-electron chi connectivity index (χ1n) is 10.3. The number of thioether (sulfide) groups is 1. The van der Waals surface area contributed by atoms with E-state index in [0.29, 0.717) is 39.9 Å². The molecule has 0 aliphatic rings. The fraction of sp³-hybridized carbons (Fsp3) is 0.348. The molecule has 1 aromatic heterocycles. The van der Waals surface area contributed by atoms with Gasteiger partial charge in [0.2, 0.25) is 5.91 Å². The highest BCUT2D eigenvalue weighted by Gasteiger charge is 2.21. The molecule has 9 heteroatoms. The predicted octanol–water partition coefficient (Wildman–Crippen LogP) is 5.91. The molecule has 0 bridgehead atoms. The lowest BCUT2D eigenvalue weighted by Crippen LogP contribution is -2.17. The predicted molar refractivity (Wildman–Crippen MR) is 126 cm³/mol. The monoisotopic (exact) mass is 476 g/mol. The van der Waals surface area contributed by atoms with Crippen molar-refractivity contribution in [2.75, 3.05) is 11.1 Å². The second-order valence-electron chi connectivity index (χ2n) is 7.86. The van der Waals surface area contributed by atoms with Crippen LogP contribution in [0.15, 0.2) is 47.6 Å². The molecule has 0 radical (unpaired) electrons. The molecule has 2 aromatic carbocycles. The minimum atomic E-state index is -0.399. The minimum Gasteiger partial charge on any atom is -0.483 e. The Kier molecular flexibility index (Phi) is 8.15. The van der Waals surface area contributed by atoms with Gasteiger partial charge in [0.15, 0.2) is 17.1 Å². The van der Waals surface area contributed by atoms with E-state index in [1.165, 1.54) is 23.9 Å². The maximum Gasteiger partial charge on any atom is 0.234 e. The number of rotatable bonds is 9. The van der Waals surface area contributed by atoms with Crippen molar-refractivity contribution >= 4 is 35.0 Å². The standard InChI is InChI=1S/C23H26ClFN4O2S/c1-14(2)12-29-22(16(4)31-19-9-7-18(25)8-10-19)27-28-23(29)32-13-21(30)26-20-11-17(24)6-5-15(20)3/h5-11,14,16H,12-13H2,1-4H3,(H,26,30). The first kappa shape index (κ1) is 24.1. The number of nitrogens with one attached hydrogen (secondary N) is 1. The van der Waals surface area contributed by atoms with E-state index in [1.807, 2.05) is 24.5 Å². The molecule has 0 spiro atoms. The average molecular weight is 477 g/mol. The maximum atomic E-state index is 13.2. The number of aryl methyl sites for hydroxylation is 1. The molecule has 3 aromatic rings. The molecule has 1 heterocycles. The van der Waals surface area contributed by atoms with Crippen molar-refractivity contribution in [3.05, 3.63) is 64.7 Å². The first-order valence-corrected chi connectivity index (χ1v) is 11.6. The highest BCUT2D eigenvalue weighted by atomic mass is 35.5. The van der Waals surface area contributed by atoms with Crippen LogP contribution < -0.4 is 10.1 Å². The van der Waals surface area contributed by atoms with Crippen LogP contribution in [0.3, 0.4) is 0 Å². The fourth-order valence-corrected chi connectivity index (χ4v) is 3.99. The van der Waals surface area contributed by atoms with Gasteiger partial charge in [0.05, 0.1) is 5.75 Å². The van der Waals surface area contributed by atoms with E-state index in [1.54, 1.807) is 24.3 Å². The van der Waals surface area contributed by atoms with Gasteiger partial charge in [0, 0.05) is 17.3 Å². The molecule has 0 fully saturated rings. The van der Waals surface area contributed by atoms with Crippen molar-refractivity contribution in [1.82, 2.24) is 14.8 Å². The Labute approximate surface area is 196 Å². The molecule has 0 saturated carbocycles. The van der Waals surface area contributed by atoms with E-state index in [0.717, 1.165) is 5.56 Å². The number of nitrogens with zero attached hydrogens (tertiary/aromatic N) is 3. The van der Waals surface area contributed by atoms with E-state index in [4.69, 9.17) is 16.3 Å². The van der Waals surface area contributed by atoms with Crippen LogP contribution in [0.5, 0.6) is 5.75 Å². The molecular formula is C23H26ClFN4O2S. The van der Waals surface area contributed by atoms with E-state index in [9.17, 15) is 9.18 Å². The number of ether oxygens (including phenoxy) is 1. The van der Waals surface area contributed by atoms with Crippen molar-refractivity contribution in [3.8, 4) is 5.75 Å². The van der Waals surface area contributed by atoms with E-state index in [2.05, 4.69) is 29.4 Å². The Morgan fingerprint density at radius 2 is 1.91 bits per heavy atom. The summed E-state index contributed by atoms with van der Waals surface area (Å²) in [6.07, 6.45) is -0.399. The number of halogens is 2. The van der Waals surface area contributed by atoms with Gasteiger partial charge in [0.1, 0.15) is 11.6 Å². The van der Waals surface area contributed by atoms with Crippen LogP contribution >= 0.6 is 23.4 Å². The Morgan fingerprint density at radius 1 is 1.19 bits per heavy atom. The summed E-state index contributed by atoms with van der Waals surface area (Å²) in [5, 5.41) is 12.7. The number of aromatic nitrogens is 3. The van der Waals surface area contributed by atoms with Gasteiger partial charge < -0.3 is 14.6 Å². The number of amides is 1. The normalized spacial score (nSPS) is 12.1. The van der Waals surface area contributed by atoms with Crippen molar-refractivity contribution in [3.63, 3.8) is 0 Å².